The van der Waals surface area contributed by atoms with Gasteiger partial charge in [0, 0.05) is 13.0 Å². The summed E-state index contributed by atoms with van der Waals surface area (Å²) >= 11 is 5.92. The van der Waals surface area contributed by atoms with Crippen molar-refractivity contribution in [1.82, 2.24) is 14.9 Å². The average molecular weight is 280 g/mol. The predicted octanol–water partition coefficient (Wildman–Crippen LogP) is 2.40. The molecule has 0 bridgehead atoms. The number of nitrogens with zero attached hydrogens (tertiary/aromatic N) is 2. The number of hydrogen-bond acceptors (Lipinski definition) is 2. The molecule has 0 saturated carbocycles. The predicted molar refractivity (Wildman–Crippen MR) is 68.4 cm³/mol. The Morgan fingerprint density at radius 1 is 1.47 bits per heavy atom. The van der Waals surface area contributed by atoms with Gasteiger partial charge in [-0.25, -0.2) is 9.37 Å². The Morgan fingerprint density at radius 3 is 3.11 bits per heavy atom. The lowest BCUT2D eigenvalue weighted by atomic mass is 10.1. The fraction of sp³-hybridized carbons (Fsp3) is 0.231. The van der Waals surface area contributed by atoms with Crippen LogP contribution in [0.1, 0.15) is 21.7 Å². The molecule has 2 heterocycles. The zero-order valence-corrected chi connectivity index (χ0v) is 10.7. The lowest BCUT2D eigenvalue weighted by molar-refractivity contribution is 0.0727. The SMILES string of the molecule is O=C(c1c(F)cccc1Cl)N1CCc2nc[nH]c2C1. The van der Waals surface area contributed by atoms with E-state index in [9.17, 15) is 9.18 Å². The Bertz CT molecular complexity index is 620. The molecule has 0 radical (unpaired) electrons. The van der Waals surface area contributed by atoms with E-state index in [0.717, 1.165) is 11.4 Å². The van der Waals surface area contributed by atoms with Crippen LogP contribution in [0.15, 0.2) is 24.5 Å². The molecule has 0 saturated heterocycles. The van der Waals surface area contributed by atoms with E-state index in [1.807, 2.05) is 0 Å². The van der Waals surface area contributed by atoms with Gasteiger partial charge in [0.05, 0.1) is 34.8 Å². The fourth-order valence-corrected chi connectivity index (χ4v) is 2.49. The Kier molecular flexibility index (Phi) is 2.98. The third kappa shape index (κ3) is 2.10. The maximum Gasteiger partial charge on any atom is 0.258 e. The van der Waals surface area contributed by atoms with Gasteiger partial charge in [0.1, 0.15) is 5.82 Å². The van der Waals surface area contributed by atoms with Gasteiger partial charge in [0.25, 0.3) is 5.91 Å². The summed E-state index contributed by atoms with van der Waals surface area (Å²) in [5.74, 6) is -0.976. The third-order valence-corrected chi connectivity index (χ3v) is 3.55. The first-order valence-electron chi connectivity index (χ1n) is 5.91. The Balaban J connectivity index is 1.90. The van der Waals surface area contributed by atoms with E-state index in [1.165, 1.54) is 18.2 Å². The number of hydrogen-bond donors (Lipinski definition) is 1. The number of nitrogens with one attached hydrogen (secondary N) is 1. The fourth-order valence-electron chi connectivity index (χ4n) is 2.25. The highest BCUT2D eigenvalue weighted by atomic mass is 35.5. The van der Waals surface area contributed by atoms with Crippen LogP contribution in [0.2, 0.25) is 5.02 Å². The van der Waals surface area contributed by atoms with E-state index in [1.54, 1.807) is 11.2 Å². The number of aromatic nitrogens is 2. The van der Waals surface area contributed by atoms with Crippen LogP contribution in [0, 0.1) is 5.82 Å². The minimum atomic E-state index is -0.590. The molecule has 0 unspecified atom stereocenters. The van der Waals surface area contributed by atoms with E-state index in [2.05, 4.69) is 9.97 Å². The number of carbonyl (C=O) groups excluding carboxylic acids is 1. The quantitative estimate of drug-likeness (QED) is 0.871. The molecule has 1 aromatic carbocycles. The van der Waals surface area contributed by atoms with E-state index in [4.69, 9.17) is 11.6 Å². The zero-order valence-electron chi connectivity index (χ0n) is 9.99. The second kappa shape index (κ2) is 4.66. The Hall–Kier alpha value is -1.88. The van der Waals surface area contributed by atoms with Crippen molar-refractivity contribution in [2.45, 2.75) is 13.0 Å². The molecular weight excluding hydrogens is 269 g/mol. The number of amides is 1. The summed E-state index contributed by atoms with van der Waals surface area (Å²) < 4.78 is 13.7. The molecule has 0 fully saturated rings. The van der Waals surface area contributed by atoms with Crippen LogP contribution in [-0.4, -0.2) is 27.3 Å². The summed E-state index contributed by atoms with van der Waals surface area (Å²) in [6, 6.07) is 4.24. The largest absolute Gasteiger partial charge is 0.347 e. The van der Waals surface area contributed by atoms with Crippen molar-refractivity contribution in [2.75, 3.05) is 6.54 Å². The number of rotatable bonds is 1. The molecule has 1 amide bonds. The number of aromatic amines is 1. The molecule has 1 aliphatic rings. The number of fused-ring (bicyclic) bond motifs is 1. The highest BCUT2D eigenvalue weighted by molar-refractivity contribution is 6.33. The number of H-pyrrole nitrogens is 1. The zero-order chi connectivity index (χ0) is 13.4. The molecule has 0 spiro atoms. The molecule has 1 N–H and O–H groups in total. The molecule has 1 aliphatic heterocycles. The molecule has 98 valence electrons. The van der Waals surface area contributed by atoms with E-state index < -0.39 is 5.82 Å². The summed E-state index contributed by atoms with van der Waals surface area (Å²) in [5.41, 5.74) is 1.79. The number of imidazole rings is 1. The van der Waals surface area contributed by atoms with Crippen LogP contribution in [0.3, 0.4) is 0 Å². The molecule has 2 aromatic rings. The third-order valence-electron chi connectivity index (χ3n) is 3.24. The van der Waals surface area contributed by atoms with Gasteiger partial charge in [-0.1, -0.05) is 17.7 Å². The van der Waals surface area contributed by atoms with E-state index in [0.29, 0.717) is 19.5 Å². The van der Waals surface area contributed by atoms with Gasteiger partial charge in [-0.2, -0.15) is 0 Å². The highest BCUT2D eigenvalue weighted by Gasteiger charge is 2.26. The standard InChI is InChI=1S/C13H11ClFN3O/c14-8-2-1-3-9(15)12(8)13(19)18-5-4-10-11(6-18)17-7-16-10/h1-3,7H,4-6H2,(H,16,17). The second-order valence-electron chi connectivity index (χ2n) is 4.40. The highest BCUT2D eigenvalue weighted by Crippen LogP contribution is 2.23. The first kappa shape index (κ1) is 12.2. The smallest absolute Gasteiger partial charge is 0.258 e. The Labute approximate surface area is 114 Å². The summed E-state index contributed by atoms with van der Waals surface area (Å²) in [6.45, 7) is 0.917. The number of halogens is 2. The van der Waals surface area contributed by atoms with Crippen LogP contribution in [0.4, 0.5) is 4.39 Å². The van der Waals surface area contributed by atoms with Crippen molar-refractivity contribution in [1.29, 1.82) is 0 Å². The first-order chi connectivity index (χ1) is 9.16. The van der Waals surface area contributed by atoms with Crippen LogP contribution in [0.5, 0.6) is 0 Å². The number of benzene rings is 1. The summed E-state index contributed by atoms with van der Waals surface area (Å²) in [6.07, 6.45) is 2.27. The second-order valence-corrected chi connectivity index (χ2v) is 4.81. The summed E-state index contributed by atoms with van der Waals surface area (Å²) in [5, 5.41) is 0.139. The normalized spacial score (nSPS) is 14.3. The number of carbonyl (C=O) groups is 1. The van der Waals surface area contributed by atoms with Crippen LogP contribution < -0.4 is 0 Å². The van der Waals surface area contributed by atoms with Gasteiger partial charge in [-0.3, -0.25) is 4.79 Å². The Morgan fingerprint density at radius 2 is 2.32 bits per heavy atom. The van der Waals surface area contributed by atoms with Gasteiger partial charge in [0.15, 0.2) is 0 Å². The van der Waals surface area contributed by atoms with Crippen LogP contribution in [0.25, 0.3) is 0 Å². The van der Waals surface area contributed by atoms with Crippen LogP contribution in [-0.2, 0) is 13.0 Å². The average Bonchev–Trinajstić information content (AvgIpc) is 2.85. The van der Waals surface area contributed by atoms with Crippen molar-refractivity contribution < 1.29 is 9.18 Å². The minimum absolute atomic E-state index is 0.0628. The molecule has 1 aromatic heterocycles. The summed E-state index contributed by atoms with van der Waals surface area (Å²) in [7, 11) is 0. The van der Waals surface area contributed by atoms with Gasteiger partial charge < -0.3 is 9.88 Å². The van der Waals surface area contributed by atoms with Crippen molar-refractivity contribution in [3.8, 4) is 0 Å². The minimum Gasteiger partial charge on any atom is -0.347 e. The van der Waals surface area contributed by atoms with Crippen molar-refractivity contribution in [3.63, 3.8) is 0 Å². The molecule has 6 heteroatoms. The van der Waals surface area contributed by atoms with Crippen LogP contribution >= 0.6 is 11.6 Å². The van der Waals surface area contributed by atoms with Crippen molar-refractivity contribution in [3.05, 3.63) is 52.3 Å². The molecule has 4 nitrogen and oxygen atoms in total. The van der Waals surface area contributed by atoms with E-state index >= 15 is 0 Å². The van der Waals surface area contributed by atoms with Gasteiger partial charge in [0.2, 0.25) is 0 Å². The lowest BCUT2D eigenvalue weighted by Gasteiger charge is -2.26. The van der Waals surface area contributed by atoms with Gasteiger partial charge in [-0.15, -0.1) is 0 Å². The molecule has 0 aliphatic carbocycles. The first-order valence-corrected chi connectivity index (χ1v) is 6.29. The molecular formula is C13H11ClFN3O. The maximum atomic E-state index is 13.7. The van der Waals surface area contributed by atoms with E-state index in [-0.39, 0.29) is 16.5 Å². The molecule has 3 rings (SSSR count). The monoisotopic (exact) mass is 279 g/mol. The maximum absolute atomic E-state index is 13.7. The van der Waals surface area contributed by atoms with Crippen molar-refractivity contribution >= 4 is 17.5 Å². The topological polar surface area (TPSA) is 49.0 Å². The lowest BCUT2D eigenvalue weighted by Crippen LogP contribution is -2.36. The molecule has 0 atom stereocenters. The van der Waals surface area contributed by atoms with Crippen molar-refractivity contribution in [2.24, 2.45) is 0 Å². The summed E-state index contributed by atoms with van der Waals surface area (Å²) in [4.78, 5) is 21.1. The van der Waals surface area contributed by atoms with Gasteiger partial charge in [-0.05, 0) is 12.1 Å². The van der Waals surface area contributed by atoms with Gasteiger partial charge >= 0.3 is 0 Å². The molecule has 19 heavy (non-hydrogen) atoms.